The highest BCUT2D eigenvalue weighted by molar-refractivity contribution is 6.03. The van der Waals surface area contributed by atoms with Crippen LogP contribution >= 0.6 is 0 Å². The molecule has 156 valence electrons. The highest BCUT2D eigenvalue weighted by Gasteiger charge is 2.20. The molecule has 0 radical (unpaired) electrons. The van der Waals surface area contributed by atoms with Crippen molar-refractivity contribution in [2.75, 3.05) is 12.4 Å². The summed E-state index contributed by atoms with van der Waals surface area (Å²) in [4.78, 5) is 12.5. The third-order valence-electron chi connectivity index (χ3n) is 5.09. The Kier molecular flexibility index (Phi) is 5.46. The van der Waals surface area contributed by atoms with Gasteiger partial charge in [-0.15, -0.1) is 0 Å². The van der Waals surface area contributed by atoms with Gasteiger partial charge in [-0.3, -0.25) is 4.79 Å². The average molecular weight is 414 g/mol. The first-order valence-corrected chi connectivity index (χ1v) is 10.0. The van der Waals surface area contributed by atoms with Gasteiger partial charge in [-0.2, -0.15) is 5.26 Å². The molecule has 2 heterocycles. The molecule has 4 rings (SSSR count). The summed E-state index contributed by atoms with van der Waals surface area (Å²) in [7, 11) is 1.63. The molecule has 7 heteroatoms. The number of anilines is 1. The van der Waals surface area contributed by atoms with Crippen LogP contribution in [-0.2, 0) is 6.54 Å². The number of nitrogens with zero attached hydrogens (tertiary/aromatic N) is 3. The second-order valence-corrected chi connectivity index (χ2v) is 7.23. The third-order valence-corrected chi connectivity index (χ3v) is 5.09. The highest BCUT2D eigenvalue weighted by Crippen LogP contribution is 2.36. The van der Waals surface area contributed by atoms with E-state index >= 15 is 0 Å². The van der Waals surface area contributed by atoms with Crippen molar-refractivity contribution < 1.29 is 14.1 Å². The van der Waals surface area contributed by atoms with Crippen LogP contribution in [0.3, 0.4) is 0 Å². The molecular formula is C24H22N4O3. The first kappa shape index (κ1) is 20.2. The number of aromatic nitrogens is 2. The maximum Gasteiger partial charge on any atom is 0.277 e. The van der Waals surface area contributed by atoms with Crippen LogP contribution in [0, 0.1) is 18.3 Å². The van der Waals surface area contributed by atoms with E-state index in [2.05, 4.69) is 28.0 Å². The van der Waals surface area contributed by atoms with Crippen LogP contribution in [0.15, 0.2) is 53.1 Å². The number of amides is 1. The summed E-state index contributed by atoms with van der Waals surface area (Å²) in [5.41, 5.74) is 4.03. The van der Waals surface area contributed by atoms with Crippen molar-refractivity contribution in [1.82, 2.24) is 9.72 Å². The zero-order chi connectivity index (χ0) is 22.0. The molecule has 0 saturated carbocycles. The summed E-state index contributed by atoms with van der Waals surface area (Å²) in [5.74, 6) is 0.952. The fraction of sp³-hybridized carbons (Fsp3) is 0.208. The standard InChI is InChI=1S/C24H22N4O3/c1-4-10-28-22-13-18(30-3)8-9-19(22)20(14-25)23(28)16-6-5-7-17(12-16)26-24(29)21-11-15(2)31-27-21/h5-9,11-13H,4,10H2,1-3H3,(H,26,29). The molecule has 0 aliphatic rings. The van der Waals surface area contributed by atoms with Crippen molar-refractivity contribution in [2.45, 2.75) is 26.8 Å². The molecule has 0 atom stereocenters. The molecule has 0 unspecified atom stereocenters. The Balaban J connectivity index is 1.81. The van der Waals surface area contributed by atoms with E-state index in [1.165, 1.54) is 0 Å². The van der Waals surface area contributed by atoms with E-state index in [1.54, 1.807) is 26.2 Å². The van der Waals surface area contributed by atoms with Crippen LogP contribution in [0.1, 0.15) is 35.2 Å². The number of benzene rings is 2. The molecule has 0 aliphatic carbocycles. The lowest BCUT2D eigenvalue weighted by atomic mass is 10.1. The Bertz CT molecular complexity index is 1310. The Hall–Kier alpha value is -4.05. The maximum absolute atomic E-state index is 12.5. The van der Waals surface area contributed by atoms with Gasteiger partial charge in [-0.1, -0.05) is 24.2 Å². The number of fused-ring (bicyclic) bond motifs is 1. The molecule has 0 spiro atoms. The monoisotopic (exact) mass is 414 g/mol. The summed E-state index contributed by atoms with van der Waals surface area (Å²) in [5, 5.41) is 17.4. The van der Waals surface area contributed by atoms with Crippen LogP contribution in [0.2, 0.25) is 0 Å². The average Bonchev–Trinajstić information content (AvgIpc) is 3.35. The second-order valence-electron chi connectivity index (χ2n) is 7.23. The lowest BCUT2D eigenvalue weighted by Crippen LogP contribution is -2.12. The van der Waals surface area contributed by atoms with E-state index in [0.29, 0.717) is 17.0 Å². The topological polar surface area (TPSA) is 93.1 Å². The van der Waals surface area contributed by atoms with Gasteiger partial charge in [0.25, 0.3) is 5.91 Å². The number of rotatable bonds is 6. The molecule has 0 aliphatic heterocycles. The number of ether oxygens (including phenoxy) is 1. The molecule has 31 heavy (non-hydrogen) atoms. The molecule has 0 fully saturated rings. The van der Waals surface area contributed by atoms with Crippen LogP contribution in [0.25, 0.3) is 22.2 Å². The van der Waals surface area contributed by atoms with Gasteiger partial charge in [0.15, 0.2) is 5.69 Å². The summed E-state index contributed by atoms with van der Waals surface area (Å²) in [6.45, 7) is 4.57. The van der Waals surface area contributed by atoms with E-state index in [9.17, 15) is 10.1 Å². The number of carbonyl (C=O) groups excluding carboxylic acids is 1. The minimum atomic E-state index is -0.353. The van der Waals surface area contributed by atoms with Crippen molar-refractivity contribution in [1.29, 1.82) is 5.26 Å². The van der Waals surface area contributed by atoms with Crippen molar-refractivity contribution in [3.05, 3.63) is 65.5 Å². The van der Waals surface area contributed by atoms with Gasteiger partial charge in [-0.25, -0.2) is 0 Å². The van der Waals surface area contributed by atoms with Crippen LogP contribution < -0.4 is 10.1 Å². The largest absolute Gasteiger partial charge is 0.497 e. The van der Waals surface area contributed by atoms with Gasteiger partial charge in [0.1, 0.15) is 17.6 Å². The minimum absolute atomic E-state index is 0.216. The number of nitrogens with one attached hydrogen (secondary N) is 1. The molecule has 7 nitrogen and oxygen atoms in total. The molecule has 2 aromatic carbocycles. The summed E-state index contributed by atoms with van der Waals surface area (Å²) >= 11 is 0. The van der Waals surface area contributed by atoms with Crippen molar-refractivity contribution in [2.24, 2.45) is 0 Å². The van der Waals surface area contributed by atoms with Gasteiger partial charge >= 0.3 is 0 Å². The van der Waals surface area contributed by atoms with E-state index in [-0.39, 0.29) is 11.6 Å². The first-order chi connectivity index (χ1) is 15.0. The fourth-order valence-corrected chi connectivity index (χ4v) is 3.74. The SMILES string of the molecule is CCCn1c(-c2cccc(NC(=O)c3cc(C)on3)c2)c(C#N)c2ccc(OC)cc21. The van der Waals surface area contributed by atoms with Crippen molar-refractivity contribution >= 4 is 22.5 Å². The van der Waals surface area contributed by atoms with Crippen LogP contribution in [0.4, 0.5) is 5.69 Å². The van der Waals surface area contributed by atoms with E-state index in [4.69, 9.17) is 9.26 Å². The number of hydrogen-bond donors (Lipinski definition) is 1. The van der Waals surface area contributed by atoms with Gasteiger partial charge in [0.05, 0.1) is 23.9 Å². The molecule has 2 aromatic heterocycles. The molecule has 1 N–H and O–H groups in total. The van der Waals surface area contributed by atoms with E-state index in [0.717, 1.165) is 40.9 Å². The van der Waals surface area contributed by atoms with Crippen molar-refractivity contribution in [3.8, 4) is 23.1 Å². The molecule has 4 aromatic rings. The second kappa shape index (κ2) is 8.36. The van der Waals surface area contributed by atoms with Crippen molar-refractivity contribution in [3.63, 3.8) is 0 Å². The predicted molar refractivity (Wildman–Crippen MR) is 118 cm³/mol. The maximum atomic E-state index is 12.5. The van der Waals surface area contributed by atoms with Crippen LogP contribution in [-0.4, -0.2) is 22.7 Å². The smallest absolute Gasteiger partial charge is 0.277 e. The quantitative estimate of drug-likeness (QED) is 0.471. The number of nitriles is 1. The Morgan fingerprint density at radius 1 is 1.26 bits per heavy atom. The zero-order valence-corrected chi connectivity index (χ0v) is 17.6. The number of aryl methyl sites for hydroxylation is 2. The summed E-state index contributed by atoms with van der Waals surface area (Å²) in [6.07, 6.45) is 0.904. The normalized spacial score (nSPS) is 10.8. The number of methoxy groups -OCH3 is 1. The lowest BCUT2D eigenvalue weighted by molar-refractivity contribution is 0.101. The Morgan fingerprint density at radius 2 is 2.10 bits per heavy atom. The Labute approximate surface area is 179 Å². The van der Waals surface area contributed by atoms with Gasteiger partial charge < -0.3 is 19.1 Å². The third kappa shape index (κ3) is 3.76. The van der Waals surface area contributed by atoms with E-state index in [1.807, 2.05) is 36.4 Å². The number of carbonyl (C=O) groups is 1. The molecule has 1 amide bonds. The fourth-order valence-electron chi connectivity index (χ4n) is 3.74. The molecular weight excluding hydrogens is 392 g/mol. The zero-order valence-electron chi connectivity index (χ0n) is 17.6. The summed E-state index contributed by atoms with van der Waals surface area (Å²) in [6, 6.07) is 17.1. The molecule has 0 saturated heterocycles. The Morgan fingerprint density at radius 3 is 2.77 bits per heavy atom. The lowest BCUT2D eigenvalue weighted by Gasteiger charge is -2.12. The highest BCUT2D eigenvalue weighted by atomic mass is 16.5. The van der Waals surface area contributed by atoms with Gasteiger partial charge in [0.2, 0.25) is 0 Å². The minimum Gasteiger partial charge on any atom is -0.497 e. The van der Waals surface area contributed by atoms with Gasteiger partial charge in [0, 0.05) is 35.3 Å². The summed E-state index contributed by atoms with van der Waals surface area (Å²) < 4.78 is 12.5. The predicted octanol–water partition coefficient (Wildman–Crippen LogP) is 5.15. The van der Waals surface area contributed by atoms with Crippen LogP contribution in [0.5, 0.6) is 5.75 Å². The van der Waals surface area contributed by atoms with E-state index < -0.39 is 0 Å². The number of hydrogen-bond acceptors (Lipinski definition) is 5. The molecule has 0 bridgehead atoms. The first-order valence-electron chi connectivity index (χ1n) is 10.0. The van der Waals surface area contributed by atoms with Gasteiger partial charge in [-0.05, 0) is 37.6 Å².